The first kappa shape index (κ1) is 17.7. The van der Waals surface area contributed by atoms with E-state index in [1.165, 1.54) is 6.54 Å². The Labute approximate surface area is 128 Å². The zero-order valence-electron chi connectivity index (χ0n) is 13.4. The summed E-state index contributed by atoms with van der Waals surface area (Å²) < 4.78 is 10.2. The highest BCUT2D eigenvalue weighted by Crippen LogP contribution is 2.12. The van der Waals surface area contributed by atoms with Crippen LogP contribution in [0.15, 0.2) is 24.3 Å². The van der Waals surface area contributed by atoms with Crippen LogP contribution in [0.25, 0.3) is 0 Å². The molecule has 1 saturated heterocycles. The zero-order valence-corrected chi connectivity index (χ0v) is 13.4. The van der Waals surface area contributed by atoms with Crippen LogP contribution in [0.2, 0.25) is 0 Å². The van der Waals surface area contributed by atoms with Gasteiger partial charge in [0.2, 0.25) is 0 Å². The minimum Gasteiger partial charge on any atom is -0.427 e. The second kappa shape index (κ2) is 10.4. The van der Waals surface area contributed by atoms with Crippen molar-refractivity contribution in [1.29, 1.82) is 0 Å². The van der Waals surface area contributed by atoms with Crippen LogP contribution in [0.3, 0.4) is 0 Å². The first-order valence-electron chi connectivity index (χ1n) is 7.73. The van der Waals surface area contributed by atoms with Crippen LogP contribution in [-0.4, -0.2) is 43.7 Å². The minimum atomic E-state index is -0.161. The van der Waals surface area contributed by atoms with E-state index < -0.39 is 0 Å². The van der Waals surface area contributed by atoms with Crippen LogP contribution in [-0.2, 0) is 9.53 Å². The predicted octanol–water partition coefficient (Wildman–Crippen LogP) is 3.04. The molecule has 0 unspecified atom stereocenters. The van der Waals surface area contributed by atoms with Gasteiger partial charge in [-0.05, 0) is 32.0 Å². The summed E-state index contributed by atoms with van der Waals surface area (Å²) in [5.74, 6) is 0.468. The van der Waals surface area contributed by atoms with Crippen molar-refractivity contribution in [2.24, 2.45) is 0 Å². The Morgan fingerprint density at radius 2 is 1.81 bits per heavy atom. The molecule has 21 heavy (non-hydrogen) atoms. The summed E-state index contributed by atoms with van der Waals surface area (Å²) in [6, 6.07) is 7.47. The van der Waals surface area contributed by atoms with Crippen LogP contribution in [0.1, 0.15) is 32.3 Å². The van der Waals surface area contributed by atoms with E-state index in [-0.39, 0.29) is 5.97 Å². The van der Waals surface area contributed by atoms with Gasteiger partial charge in [0.05, 0.1) is 13.2 Å². The van der Waals surface area contributed by atoms with Crippen molar-refractivity contribution in [2.45, 2.75) is 33.6 Å². The van der Waals surface area contributed by atoms with Gasteiger partial charge in [-0.2, -0.15) is 0 Å². The lowest BCUT2D eigenvalue weighted by molar-refractivity contribution is -0.134. The highest BCUT2D eigenvalue weighted by molar-refractivity contribution is 5.72. The Balaban J connectivity index is 0.000000235. The molecule has 4 heteroatoms. The van der Waals surface area contributed by atoms with Gasteiger partial charge in [-0.25, -0.2) is 0 Å². The monoisotopic (exact) mass is 293 g/mol. The third kappa shape index (κ3) is 7.83. The Bertz CT molecular complexity index is 397. The third-order valence-corrected chi connectivity index (χ3v) is 3.26. The fourth-order valence-corrected chi connectivity index (χ4v) is 1.91. The summed E-state index contributed by atoms with van der Waals surface area (Å²) in [6.45, 7) is 11.4. The molecule has 0 aliphatic carbocycles. The number of aryl methyl sites for hydroxylation is 1. The molecule has 0 radical (unpaired) electrons. The Kier molecular flexibility index (Phi) is 8.71. The molecular formula is C17H27NO3. The molecule has 1 aliphatic heterocycles. The number of nitrogens with zero attached hydrogens (tertiary/aromatic N) is 1. The summed E-state index contributed by atoms with van der Waals surface area (Å²) in [5, 5.41) is 0. The third-order valence-electron chi connectivity index (χ3n) is 3.26. The van der Waals surface area contributed by atoms with Gasteiger partial charge in [-0.1, -0.05) is 31.5 Å². The largest absolute Gasteiger partial charge is 0.427 e. The van der Waals surface area contributed by atoms with Gasteiger partial charge in [0, 0.05) is 19.5 Å². The number of hydrogen-bond acceptors (Lipinski definition) is 4. The topological polar surface area (TPSA) is 38.8 Å². The molecule has 0 amide bonds. The van der Waals surface area contributed by atoms with Crippen molar-refractivity contribution in [3.05, 3.63) is 29.8 Å². The number of likely N-dealkylation sites (N-methyl/N-ethyl adjacent to an activating group) is 1. The van der Waals surface area contributed by atoms with Crippen molar-refractivity contribution >= 4 is 5.97 Å². The molecule has 1 aromatic carbocycles. The molecule has 1 heterocycles. The first-order chi connectivity index (χ1) is 10.2. The number of carbonyl (C=O) groups is 1. The van der Waals surface area contributed by atoms with Crippen LogP contribution in [0, 0.1) is 6.92 Å². The lowest BCUT2D eigenvalue weighted by atomic mass is 10.2. The molecule has 1 fully saturated rings. The Morgan fingerprint density at radius 1 is 1.19 bits per heavy atom. The van der Waals surface area contributed by atoms with E-state index in [1.807, 2.05) is 38.1 Å². The normalized spacial score (nSPS) is 15.0. The van der Waals surface area contributed by atoms with Gasteiger partial charge in [0.25, 0.3) is 0 Å². The van der Waals surface area contributed by atoms with Crippen LogP contribution in [0.4, 0.5) is 0 Å². The lowest BCUT2D eigenvalue weighted by Crippen LogP contribution is -2.35. The van der Waals surface area contributed by atoms with Gasteiger partial charge in [0.15, 0.2) is 0 Å². The fraction of sp³-hybridized carbons (Fsp3) is 0.588. The van der Waals surface area contributed by atoms with E-state index in [0.29, 0.717) is 12.2 Å². The number of hydrogen-bond donors (Lipinski definition) is 0. The average Bonchev–Trinajstić information content (AvgIpc) is 2.51. The average molecular weight is 293 g/mol. The van der Waals surface area contributed by atoms with Crippen molar-refractivity contribution in [3.63, 3.8) is 0 Å². The Morgan fingerprint density at radius 3 is 2.29 bits per heavy atom. The van der Waals surface area contributed by atoms with Crippen LogP contribution < -0.4 is 4.74 Å². The van der Waals surface area contributed by atoms with E-state index in [0.717, 1.165) is 38.3 Å². The number of esters is 1. The SMILES string of the molecule is CCCC(=O)Oc1ccc(C)cc1.CCN1CCOCC1. The molecule has 118 valence electrons. The smallest absolute Gasteiger partial charge is 0.311 e. The van der Waals surface area contributed by atoms with Crippen molar-refractivity contribution in [2.75, 3.05) is 32.8 Å². The van der Waals surface area contributed by atoms with Gasteiger partial charge >= 0.3 is 5.97 Å². The molecule has 0 aromatic heterocycles. The van der Waals surface area contributed by atoms with Crippen molar-refractivity contribution in [1.82, 2.24) is 4.90 Å². The zero-order chi connectivity index (χ0) is 15.5. The molecule has 0 bridgehead atoms. The van der Waals surface area contributed by atoms with Gasteiger partial charge in [-0.3, -0.25) is 9.69 Å². The summed E-state index contributed by atoms with van der Waals surface area (Å²) in [4.78, 5) is 13.5. The van der Waals surface area contributed by atoms with Gasteiger partial charge in [-0.15, -0.1) is 0 Å². The van der Waals surface area contributed by atoms with E-state index in [9.17, 15) is 4.79 Å². The maximum atomic E-state index is 11.1. The summed E-state index contributed by atoms with van der Waals surface area (Å²) in [5.41, 5.74) is 1.16. The highest BCUT2D eigenvalue weighted by Gasteiger charge is 2.05. The molecular weight excluding hydrogens is 266 g/mol. The molecule has 2 rings (SSSR count). The number of carbonyl (C=O) groups excluding carboxylic acids is 1. The number of rotatable bonds is 4. The van der Waals surface area contributed by atoms with Crippen LogP contribution in [0.5, 0.6) is 5.75 Å². The highest BCUT2D eigenvalue weighted by atomic mass is 16.5. The Hall–Kier alpha value is -1.39. The second-order valence-corrected chi connectivity index (χ2v) is 5.08. The first-order valence-corrected chi connectivity index (χ1v) is 7.73. The molecule has 1 aromatic rings. The van der Waals surface area contributed by atoms with Crippen molar-refractivity contribution < 1.29 is 14.3 Å². The van der Waals surface area contributed by atoms with Gasteiger partial charge < -0.3 is 9.47 Å². The van der Waals surface area contributed by atoms with E-state index >= 15 is 0 Å². The van der Waals surface area contributed by atoms with Crippen LogP contribution >= 0.6 is 0 Å². The molecule has 0 saturated carbocycles. The summed E-state index contributed by atoms with van der Waals surface area (Å²) >= 11 is 0. The molecule has 1 aliphatic rings. The molecule has 4 nitrogen and oxygen atoms in total. The number of ether oxygens (including phenoxy) is 2. The quantitative estimate of drug-likeness (QED) is 0.632. The maximum absolute atomic E-state index is 11.1. The lowest BCUT2D eigenvalue weighted by Gasteiger charge is -2.24. The predicted molar refractivity (Wildman–Crippen MR) is 84.7 cm³/mol. The molecule has 0 spiro atoms. The number of benzene rings is 1. The van der Waals surface area contributed by atoms with E-state index in [2.05, 4.69) is 11.8 Å². The standard InChI is InChI=1S/C11H14O2.C6H13NO/c1-3-4-11(12)13-10-7-5-9(2)6-8-10;1-2-7-3-5-8-6-4-7/h5-8H,3-4H2,1-2H3;2-6H2,1H3. The summed E-state index contributed by atoms with van der Waals surface area (Å²) in [7, 11) is 0. The maximum Gasteiger partial charge on any atom is 0.311 e. The van der Waals surface area contributed by atoms with E-state index in [1.54, 1.807) is 0 Å². The second-order valence-electron chi connectivity index (χ2n) is 5.08. The number of morpholine rings is 1. The fourth-order valence-electron chi connectivity index (χ4n) is 1.91. The van der Waals surface area contributed by atoms with Crippen molar-refractivity contribution in [3.8, 4) is 5.75 Å². The minimum absolute atomic E-state index is 0.161. The molecule has 0 atom stereocenters. The van der Waals surface area contributed by atoms with Gasteiger partial charge in [0.1, 0.15) is 5.75 Å². The summed E-state index contributed by atoms with van der Waals surface area (Å²) in [6.07, 6.45) is 1.30. The molecule has 0 N–H and O–H groups in total. The van der Waals surface area contributed by atoms with E-state index in [4.69, 9.17) is 9.47 Å².